The van der Waals surface area contributed by atoms with E-state index in [1.165, 1.54) is 58.2 Å². The molecule has 0 amide bonds. The number of hydrogen-bond acceptors (Lipinski definition) is 1. The van der Waals surface area contributed by atoms with Crippen LogP contribution in [0.2, 0.25) is 0 Å². The molecule has 1 saturated heterocycles. The molecule has 0 spiro atoms. The molecule has 98 valence electrons. The van der Waals surface area contributed by atoms with Gasteiger partial charge >= 0.3 is 0 Å². The zero-order chi connectivity index (χ0) is 12.4. The van der Waals surface area contributed by atoms with Crippen LogP contribution in [0.4, 0.5) is 0 Å². The number of rotatable bonds is 5. The fraction of sp³-hybridized carbons (Fsp3) is 1.00. The lowest BCUT2D eigenvalue weighted by Gasteiger charge is -2.41. The molecule has 1 heterocycles. The molecule has 0 radical (unpaired) electrons. The molecule has 0 aromatic heterocycles. The van der Waals surface area contributed by atoms with Gasteiger partial charge in [-0.3, -0.25) is 0 Å². The molecule has 16 heavy (non-hydrogen) atoms. The summed E-state index contributed by atoms with van der Waals surface area (Å²) in [5.41, 5.74) is 0.717. The van der Waals surface area contributed by atoms with Crippen LogP contribution in [0.15, 0.2) is 0 Å². The van der Waals surface area contributed by atoms with Crippen molar-refractivity contribution in [3.63, 3.8) is 0 Å². The molecule has 1 nitrogen and oxygen atoms in total. The van der Waals surface area contributed by atoms with E-state index in [0.717, 1.165) is 5.41 Å². The molecule has 1 heteroatoms. The molecule has 0 aromatic carbocycles. The monoisotopic (exact) mass is 227 g/mol. The van der Waals surface area contributed by atoms with Crippen LogP contribution in [-0.2, 0) is 0 Å². The van der Waals surface area contributed by atoms with E-state index in [-0.39, 0.29) is 0 Å². The van der Waals surface area contributed by atoms with Crippen molar-refractivity contribution in [2.45, 2.75) is 73.1 Å². The summed E-state index contributed by atoms with van der Waals surface area (Å²) in [5, 5.41) is 0. The lowest BCUT2D eigenvalue weighted by atomic mass is 9.72. The van der Waals surface area contributed by atoms with Gasteiger partial charge in [0.25, 0.3) is 0 Å². The van der Waals surface area contributed by atoms with Crippen molar-refractivity contribution >= 4 is 0 Å². The average molecular weight is 227 g/mol. The van der Waals surface area contributed by atoms with Gasteiger partial charge in [0.05, 0.1) is 0 Å². The minimum Gasteiger partial charge on any atom is -0.304 e. The summed E-state index contributed by atoms with van der Waals surface area (Å²) in [6.45, 7) is 14.9. The van der Waals surface area contributed by atoms with Gasteiger partial charge in [-0.25, -0.2) is 0 Å². The predicted molar refractivity (Wildman–Crippen MR) is 74.9 cm³/mol. The zero-order valence-electron chi connectivity index (χ0n) is 12.3. The number of likely N-dealkylation sites (tertiary alicyclic amines) is 1. The van der Waals surface area contributed by atoms with Gasteiger partial charge in [0, 0.05) is 0 Å². The van der Waals surface area contributed by atoms with E-state index in [9.17, 15) is 0 Å². The fourth-order valence-electron chi connectivity index (χ4n) is 3.03. The molecule has 0 N–H and O–H groups in total. The number of hydrogen-bond donors (Lipinski definition) is 0. The second-order valence-corrected chi connectivity index (χ2v) is 4.93. The van der Waals surface area contributed by atoms with Crippen LogP contribution in [0.5, 0.6) is 0 Å². The van der Waals surface area contributed by atoms with Gasteiger partial charge in [0.2, 0.25) is 0 Å². The lowest BCUT2D eigenvalue weighted by Crippen LogP contribution is -2.39. The lowest BCUT2D eigenvalue weighted by molar-refractivity contribution is 0.0886. The van der Waals surface area contributed by atoms with Crippen molar-refractivity contribution in [2.75, 3.05) is 19.6 Å². The maximum absolute atomic E-state index is 2.60. The summed E-state index contributed by atoms with van der Waals surface area (Å²) in [5.74, 6) is 0. The molecule has 0 atom stereocenters. The Morgan fingerprint density at radius 2 is 1.31 bits per heavy atom. The molecule has 0 aromatic rings. The van der Waals surface area contributed by atoms with Gasteiger partial charge in [-0.05, 0) is 50.7 Å². The quantitative estimate of drug-likeness (QED) is 0.657. The summed E-state index contributed by atoms with van der Waals surface area (Å²) in [4.78, 5) is 2.60. The first-order chi connectivity index (χ1) is 7.76. The van der Waals surface area contributed by atoms with Crippen LogP contribution in [0, 0.1) is 5.41 Å². The topological polar surface area (TPSA) is 3.24 Å². The van der Waals surface area contributed by atoms with Crippen molar-refractivity contribution in [3.8, 4) is 0 Å². The Bertz CT molecular complexity index is 138. The highest BCUT2D eigenvalue weighted by Crippen LogP contribution is 2.40. The van der Waals surface area contributed by atoms with E-state index in [1.807, 2.05) is 13.8 Å². The van der Waals surface area contributed by atoms with Crippen molar-refractivity contribution in [3.05, 3.63) is 0 Å². The van der Waals surface area contributed by atoms with Crippen LogP contribution in [0.25, 0.3) is 0 Å². The molecule has 1 aliphatic heterocycles. The van der Waals surface area contributed by atoms with Gasteiger partial charge in [-0.1, -0.05) is 47.5 Å². The normalized spacial score (nSPS) is 20.1. The maximum atomic E-state index is 2.60. The van der Waals surface area contributed by atoms with Crippen molar-refractivity contribution in [1.82, 2.24) is 4.90 Å². The van der Waals surface area contributed by atoms with Crippen molar-refractivity contribution < 1.29 is 0 Å². The molecule has 0 unspecified atom stereocenters. The highest BCUT2D eigenvalue weighted by molar-refractivity contribution is 4.85. The van der Waals surface area contributed by atoms with E-state index in [0.29, 0.717) is 0 Å². The highest BCUT2D eigenvalue weighted by Gasteiger charge is 2.32. The Balaban J connectivity index is 0.00000106. The fourth-order valence-corrected chi connectivity index (χ4v) is 3.03. The third kappa shape index (κ3) is 4.86. The Labute approximate surface area is 104 Å². The summed E-state index contributed by atoms with van der Waals surface area (Å²) >= 11 is 0. The number of nitrogens with zero attached hydrogens (tertiary/aromatic N) is 1. The summed E-state index contributed by atoms with van der Waals surface area (Å²) in [6, 6.07) is 0. The van der Waals surface area contributed by atoms with Gasteiger partial charge in [0.1, 0.15) is 0 Å². The first-order valence-electron chi connectivity index (χ1n) is 7.48. The zero-order valence-corrected chi connectivity index (χ0v) is 12.3. The predicted octanol–water partition coefficient (Wildman–Crippen LogP) is 4.71. The highest BCUT2D eigenvalue weighted by atomic mass is 15.1. The Morgan fingerprint density at radius 1 is 0.875 bits per heavy atom. The van der Waals surface area contributed by atoms with Gasteiger partial charge in [0.15, 0.2) is 0 Å². The first kappa shape index (κ1) is 16.0. The Kier molecular flexibility index (Phi) is 9.02. The van der Waals surface area contributed by atoms with E-state index in [2.05, 4.69) is 25.7 Å². The SMILES string of the molecule is CC.CCCC1(CCC)CCN(CC)CC1. The third-order valence-corrected chi connectivity index (χ3v) is 3.92. The molecule has 1 aliphatic rings. The van der Waals surface area contributed by atoms with Crippen molar-refractivity contribution in [2.24, 2.45) is 5.41 Å². The number of piperidine rings is 1. The molecule has 1 fully saturated rings. The van der Waals surface area contributed by atoms with Crippen LogP contribution in [-0.4, -0.2) is 24.5 Å². The van der Waals surface area contributed by atoms with E-state index < -0.39 is 0 Å². The summed E-state index contributed by atoms with van der Waals surface area (Å²) < 4.78 is 0. The van der Waals surface area contributed by atoms with E-state index in [1.54, 1.807) is 0 Å². The minimum atomic E-state index is 0.717. The van der Waals surface area contributed by atoms with E-state index in [4.69, 9.17) is 0 Å². The molecule has 0 aliphatic carbocycles. The second kappa shape index (κ2) is 9.04. The largest absolute Gasteiger partial charge is 0.304 e. The summed E-state index contributed by atoms with van der Waals surface area (Å²) in [6.07, 6.45) is 8.54. The Morgan fingerprint density at radius 3 is 1.62 bits per heavy atom. The second-order valence-electron chi connectivity index (χ2n) is 4.93. The van der Waals surface area contributed by atoms with Gasteiger partial charge < -0.3 is 4.90 Å². The van der Waals surface area contributed by atoms with E-state index >= 15 is 0 Å². The van der Waals surface area contributed by atoms with Crippen molar-refractivity contribution in [1.29, 1.82) is 0 Å². The molecule has 1 rings (SSSR count). The molecular formula is C15H33N. The average Bonchev–Trinajstić information content (AvgIpc) is 2.33. The minimum absolute atomic E-state index is 0.717. The van der Waals surface area contributed by atoms with Crippen LogP contribution < -0.4 is 0 Å². The third-order valence-electron chi connectivity index (χ3n) is 3.92. The standard InChI is InChI=1S/C13H27N.C2H6/c1-4-7-13(8-5-2)9-11-14(6-3)12-10-13;1-2/h4-12H2,1-3H3;1-2H3. The van der Waals surface area contributed by atoms with Crippen LogP contribution >= 0.6 is 0 Å². The van der Waals surface area contributed by atoms with Crippen LogP contribution in [0.3, 0.4) is 0 Å². The summed E-state index contributed by atoms with van der Waals surface area (Å²) in [7, 11) is 0. The molecular weight excluding hydrogens is 194 g/mol. The van der Waals surface area contributed by atoms with Gasteiger partial charge in [-0.15, -0.1) is 0 Å². The molecule has 0 saturated carbocycles. The first-order valence-corrected chi connectivity index (χ1v) is 7.48. The van der Waals surface area contributed by atoms with Gasteiger partial charge in [-0.2, -0.15) is 0 Å². The maximum Gasteiger partial charge on any atom is -0.00135 e. The Hall–Kier alpha value is -0.0400. The van der Waals surface area contributed by atoms with Crippen LogP contribution in [0.1, 0.15) is 73.1 Å². The molecule has 0 bridgehead atoms. The smallest absolute Gasteiger partial charge is 0.00135 e.